The Morgan fingerprint density at radius 2 is 1.56 bits per heavy atom. The van der Waals surface area contributed by atoms with E-state index in [1.54, 1.807) is 45.0 Å². The van der Waals surface area contributed by atoms with Crippen molar-refractivity contribution in [3.63, 3.8) is 0 Å². The van der Waals surface area contributed by atoms with E-state index in [1.807, 2.05) is 0 Å². The summed E-state index contributed by atoms with van der Waals surface area (Å²) in [6.07, 6.45) is -13.7. The third-order valence-corrected chi connectivity index (χ3v) is 7.26. The van der Waals surface area contributed by atoms with Gasteiger partial charge in [0.2, 0.25) is 11.7 Å². The first-order chi connectivity index (χ1) is 19.4. The SMILES string of the molecule is Cc1nnc(-c2ccc(CNC(=O)C3OC(OC4C(C(=O)O)OC(C(C)C)C(O)C4O)C(O)C(O)C3C)cc2)nn1. The van der Waals surface area contributed by atoms with E-state index < -0.39 is 72.9 Å². The highest BCUT2D eigenvalue weighted by molar-refractivity contribution is 5.81. The highest BCUT2D eigenvalue weighted by Crippen LogP contribution is 2.33. The number of nitrogens with zero attached hydrogens (tertiary/aromatic N) is 4. The summed E-state index contributed by atoms with van der Waals surface area (Å²) in [7, 11) is 0. The van der Waals surface area contributed by atoms with Crippen LogP contribution in [0.2, 0.25) is 0 Å². The lowest BCUT2D eigenvalue weighted by Gasteiger charge is -2.46. The van der Waals surface area contributed by atoms with Crippen molar-refractivity contribution in [2.75, 3.05) is 0 Å². The molecule has 15 heteroatoms. The minimum atomic E-state index is -1.71. The highest BCUT2D eigenvalue weighted by Gasteiger charge is 2.53. The van der Waals surface area contributed by atoms with Crippen molar-refractivity contribution in [2.24, 2.45) is 11.8 Å². The number of nitrogens with one attached hydrogen (secondary N) is 1. The number of aryl methyl sites for hydroxylation is 1. The zero-order valence-electron chi connectivity index (χ0n) is 22.9. The van der Waals surface area contributed by atoms with E-state index >= 15 is 0 Å². The average molecular weight is 578 g/mol. The smallest absolute Gasteiger partial charge is 0.335 e. The van der Waals surface area contributed by atoms with Gasteiger partial charge in [0.1, 0.15) is 30.5 Å². The number of aromatic nitrogens is 4. The number of carboxylic acids is 1. The molecule has 2 aromatic rings. The number of rotatable bonds is 8. The molecule has 0 saturated carbocycles. The normalized spacial score (nSPS) is 33.9. The van der Waals surface area contributed by atoms with Crippen LogP contribution in [-0.2, 0) is 30.3 Å². The number of hydrogen-bond acceptors (Lipinski definition) is 13. The Hall–Kier alpha value is -3.18. The minimum absolute atomic E-state index is 0.0974. The van der Waals surface area contributed by atoms with Crippen molar-refractivity contribution in [1.29, 1.82) is 0 Å². The van der Waals surface area contributed by atoms with Crippen molar-refractivity contribution in [3.8, 4) is 11.4 Å². The zero-order valence-corrected chi connectivity index (χ0v) is 22.9. The molecule has 1 amide bonds. The fourth-order valence-electron chi connectivity index (χ4n) is 4.82. The zero-order chi connectivity index (χ0) is 30.0. The van der Waals surface area contributed by atoms with Gasteiger partial charge in [-0.3, -0.25) is 4.79 Å². The Morgan fingerprint density at radius 1 is 0.927 bits per heavy atom. The minimum Gasteiger partial charge on any atom is -0.479 e. The number of aliphatic carboxylic acids is 1. The molecular weight excluding hydrogens is 542 g/mol. The summed E-state index contributed by atoms with van der Waals surface area (Å²) in [4.78, 5) is 25.0. The van der Waals surface area contributed by atoms with Gasteiger partial charge >= 0.3 is 5.97 Å². The van der Waals surface area contributed by atoms with E-state index in [-0.39, 0.29) is 12.5 Å². The molecule has 1 aromatic carbocycles. The standard InChI is InChI=1S/C26H35N5O10/c1-10(2)19-16(33)17(34)21(22(39-19)25(37)38)41-26-18(35)15(32)11(3)20(40-26)24(36)27-9-13-5-7-14(8-6-13)23-30-28-12(4)29-31-23/h5-8,10-11,15-22,26,32-35H,9H2,1-4H3,(H,27,36)(H,37,38). The van der Waals surface area contributed by atoms with Gasteiger partial charge in [-0.05, 0) is 18.4 Å². The molecule has 0 aliphatic carbocycles. The summed E-state index contributed by atoms with van der Waals surface area (Å²) >= 11 is 0. The van der Waals surface area contributed by atoms with E-state index in [2.05, 4.69) is 25.7 Å². The lowest BCUT2D eigenvalue weighted by atomic mass is 9.88. The predicted molar refractivity (Wildman–Crippen MR) is 138 cm³/mol. The summed E-state index contributed by atoms with van der Waals surface area (Å²) in [5.74, 6) is -2.49. The Labute approximate surface area is 235 Å². The molecule has 41 heavy (non-hydrogen) atoms. The number of aliphatic hydroxyl groups is 4. The molecule has 4 rings (SSSR count). The molecule has 224 valence electrons. The third-order valence-electron chi connectivity index (χ3n) is 7.26. The Balaban J connectivity index is 1.42. The number of carboxylic acid groups (broad SMARTS) is 1. The Bertz CT molecular complexity index is 1200. The number of ether oxygens (including phenoxy) is 3. The lowest BCUT2D eigenvalue weighted by molar-refractivity contribution is -0.327. The van der Waals surface area contributed by atoms with Crippen LogP contribution in [0.1, 0.15) is 32.2 Å². The topological polar surface area (TPSA) is 227 Å². The second-order valence-corrected chi connectivity index (χ2v) is 10.6. The van der Waals surface area contributed by atoms with Crippen LogP contribution < -0.4 is 5.32 Å². The summed E-state index contributed by atoms with van der Waals surface area (Å²) in [6, 6.07) is 6.99. The highest BCUT2D eigenvalue weighted by atomic mass is 16.7. The van der Waals surface area contributed by atoms with E-state index in [0.717, 1.165) is 5.56 Å². The van der Waals surface area contributed by atoms with Gasteiger partial charge in [-0.2, -0.15) is 0 Å². The molecule has 10 atom stereocenters. The molecule has 2 aliphatic rings. The average Bonchev–Trinajstić information content (AvgIpc) is 2.94. The lowest BCUT2D eigenvalue weighted by Crippen LogP contribution is -2.65. The molecule has 1 aromatic heterocycles. The molecular formula is C26H35N5O10. The Kier molecular flexibility index (Phi) is 9.59. The number of carbonyl (C=O) groups excluding carboxylic acids is 1. The van der Waals surface area contributed by atoms with Gasteiger partial charge in [0.15, 0.2) is 18.2 Å². The number of benzene rings is 1. The number of hydrogen-bond donors (Lipinski definition) is 6. The summed E-state index contributed by atoms with van der Waals surface area (Å²) in [6.45, 7) is 6.66. The monoisotopic (exact) mass is 577 g/mol. The molecule has 0 spiro atoms. The number of carbonyl (C=O) groups is 2. The van der Waals surface area contributed by atoms with Crippen molar-refractivity contribution in [3.05, 3.63) is 35.7 Å². The van der Waals surface area contributed by atoms with Crippen LogP contribution in [0.5, 0.6) is 0 Å². The van der Waals surface area contributed by atoms with Gasteiger partial charge in [0, 0.05) is 18.0 Å². The van der Waals surface area contributed by atoms with Crippen LogP contribution in [0.25, 0.3) is 11.4 Å². The van der Waals surface area contributed by atoms with Gasteiger partial charge in [-0.1, -0.05) is 45.0 Å². The van der Waals surface area contributed by atoms with Crippen LogP contribution in [0.15, 0.2) is 24.3 Å². The van der Waals surface area contributed by atoms with Crippen molar-refractivity contribution in [2.45, 2.75) is 89.4 Å². The van der Waals surface area contributed by atoms with Crippen LogP contribution in [0, 0.1) is 18.8 Å². The third kappa shape index (κ3) is 6.67. The Morgan fingerprint density at radius 3 is 2.15 bits per heavy atom. The molecule has 2 fully saturated rings. The van der Waals surface area contributed by atoms with Crippen molar-refractivity contribution < 1.29 is 49.3 Å². The second-order valence-electron chi connectivity index (χ2n) is 10.6. The van der Waals surface area contributed by atoms with Gasteiger partial charge < -0.3 is 45.1 Å². The molecule has 10 unspecified atom stereocenters. The summed E-state index contributed by atoms with van der Waals surface area (Å²) in [5, 5.41) is 70.6. The van der Waals surface area contributed by atoms with E-state index in [4.69, 9.17) is 14.2 Å². The fourth-order valence-corrected chi connectivity index (χ4v) is 4.82. The van der Waals surface area contributed by atoms with Crippen LogP contribution in [-0.4, -0.2) is 113 Å². The van der Waals surface area contributed by atoms with Crippen molar-refractivity contribution in [1.82, 2.24) is 25.7 Å². The fraction of sp³-hybridized carbons (Fsp3) is 0.615. The van der Waals surface area contributed by atoms with Gasteiger partial charge in [-0.15, -0.1) is 20.4 Å². The quantitative estimate of drug-likeness (QED) is 0.211. The molecule has 3 heterocycles. The molecule has 2 saturated heterocycles. The predicted octanol–water partition coefficient (Wildman–Crippen LogP) is -1.44. The first-order valence-electron chi connectivity index (χ1n) is 13.2. The van der Waals surface area contributed by atoms with Crippen LogP contribution in [0.3, 0.4) is 0 Å². The molecule has 6 N–H and O–H groups in total. The first kappa shape index (κ1) is 30.8. The number of aliphatic hydroxyl groups excluding tert-OH is 4. The van der Waals surface area contributed by atoms with Crippen molar-refractivity contribution >= 4 is 11.9 Å². The van der Waals surface area contributed by atoms with Crippen LogP contribution >= 0.6 is 0 Å². The maximum absolute atomic E-state index is 13.1. The van der Waals surface area contributed by atoms with Gasteiger partial charge in [0.05, 0.1) is 12.2 Å². The maximum Gasteiger partial charge on any atom is 0.335 e. The molecule has 15 nitrogen and oxygen atoms in total. The largest absolute Gasteiger partial charge is 0.479 e. The van der Waals surface area contributed by atoms with E-state index in [1.165, 1.54) is 6.92 Å². The maximum atomic E-state index is 13.1. The van der Waals surface area contributed by atoms with E-state index in [9.17, 15) is 35.1 Å². The number of amides is 1. The van der Waals surface area contributed by atoms with Gasteiger partial charge in [0.25, 0.3) is 0 Å². The molecule has 0 radical (unpaired) electrons. The van der Waals surface area contributed by atoms with Gasteiger partial charge in [-0.25, -0.2) is 4.79 Å². The van der Waals surface area contributed by atoms with E-state index in [0.29, 0.717) is 17.2 Å². The second kappa shape index (κ2) is 12.8. The molecule has 2 aliphatic heterocycles. The molecule has 0 bridgehead atoms. The summed E-state index contributed by atoms with van der Waals surface area (Å²) < 4.78 is 16.8. The van der Waals surface area contributed by atoms with Crippen LogP contribution in [0.4, 0.5) is 0 Å². The summed E-state index contributed by atoms with van der Waals surface area (Å²) in [5.41, 5.74) is 1.41. The first-order valence-corrected chi connectivity index (χ1v) is 13.2.